The van der Waals surface area contributed by atoms with Gasteiger partial charge >= 0.3 is 89.5 Å². The minimum absolute atomic E-state index is 0. The molecule has 0 N–H and O–H groups in total. The predicted octanol–water partition coefficient (Wildman–Crippen LogP) is 18.7. The molecule has 0 spiro atoms. The van der Waals surface area contributed by atoms with Gasteiger partial charge in [-0.3, -0.25) is 23.7 Å². The summed E-state index contributed by atoms with van der Waals surface area (Å²) in [6.07, 6.45) is 32.1. The van der Waals surface area contributed by atoms with Gasteiger partial charge in [-0.2, -0.15) is 0 Å². The second-order valence-corrected chi connectivity index (χ2v) is 35.2. The van der Waals surface area contributed by atoms with Crippen LogP contribution in [0.1, 0.15) is 22.3 Å². The van der Waals surface area contributed by atoms with Gasteiger partial charge in [0.1, 0.15) is 49.4 Å². The molecule has 0 aliphatic rings. The van der Waals surface area contributed by atoms with E-state index in [-0.39, 0.29) is 89.5 Å². The van der Waals surface area contributed by atoms with E-state index in [4.69, 9.17) is 25.7 Å². The van der Waals surface area contributed by atoms with Crippen LogP contribution in [0.2, 0.25) is 0 Å². The molecular weight excluding hydrogens is 2080 g/mol. The number of aromatic nitrogens is 2. The first-order valence-corrected chi connectivity index (χ1v) is 40.6. The SMILES string of the molecule is [Au+].[Au+].[Au+].[Au+].[C-]#Cc1ccc2c3ccc(C#[C-])cc3n(-c3ccccc3)c2c1.[C-]#Cc1ccc2c3ccc(C#[C-])cc3n(-c3ccccc3)c2c1.c1ccc([PH+](CC[PH+](c2ccccc2)c2ccccc2)c2ccccc2)cc1.c1ccc([PH+](C[PH+](c2ccccc2)c2ccccc2)c2ccccc2)cc1. The maximum atomic E-state index is 7.40. The molecule has 16 rings (SSSR count). The summed E-state index contributed by atoms with van der Waals surface area (Å²) in [7, 11) is -3.26. The van der Waals surface area contributed by atoms with E-state index in [1.54, 1.807) is 0 Å². The predicted molar refractivity (Wildman–Crippen MR) is 443 cm³/mol. The zero-order valence-corrected chi connectivity index (χ0v) is 69.7. The molecule has 2 aromatic heterocycles. The minimum atomic E-state index is -0.847. The summed E-state index contributed by atoms with van der Waals surface area (Å²) >= 11 is 0. The van der Waals surface area contributed by atoms with Crippen LogP contribution in [0.3, 0.4) is 0 Å². The van der Waals surface area contributed by atoms with Gasteiger partial charge in [0.05, 0.1) is 37.1 Å². The topological polar surface area (TPSA) is 9.86 Å². The Bertz CT molecular complexity index is 4900. The van der Waals surface area contributed by atoms with E-state index in [9.17, 15) is 0 Å². The van der Waals surface area contributed by atoms with Crippen molar-refractivity contribution in [1.29, 1.82) is 0 Å². The summed E-state index contributed by atoms with van der Waals surface area (Å²) < 4.78 is 4.32. The van der Waals surface area contributed by atoms with Crippen LogP contribution in [-0.4, -0.2) is 27.4 Å². The molecule has 10 heteroatoms. The number of benzene rings is 14. The quantitative estimate of drug-likeness (QED) is 0.0419. The van der Waals surface area contributed by atoms with Crippen LogP contribution in [0.25, 0.3) is 55.0 Å². The van der Waals surface area contributed by atoms with E-state index in [2.05, 4.69) is 300 Å². The fourth-order valence-electron chi connectivity index (χ4n) is 13.3. The maximum absolute atomic E-state index is 7.40. The van der Waals surface area contributed by atoms with Crippen molar-refractivity contribution >= 4 is 118 Å². The van der Waals surface area contributed by atoms with Crippen molar-refractivity contribution in [2.45, 2.75) is 0 Å². The molecule has 105 heavy (non-hydrogen) atoms. The van der Waals surface area contributed by atoms with E-state index in [0.717, 1.165) is 77.2 Å². The molecule has 0 bridgehead atoms. The fraction of sp³-hybridized carbons (Fsp3) is 0.0316. The Labute approximate surface area is 686 Å². The third-order valence-corrected chi connectivity index (χ3v) is 31.2. The molecular formula is C95H72Au4N2P4+4. The van der Waals surface area contributed by atoms with Crippen LogP contribution in [0.4, 0.5) is 0 Å². The van der Waals surface area contributed by atoms with Crippen LogP contribution in [0.15, 0.2) is 376 Å². The summed E-state index contributed by atoms with van der Waals surface area (Å²) in [5, 5.41) is 16.6. The molecule has 0 aliphatic carbocycles. The first kappa shape index (κ1) is 80.7. The molecule has 2 nitrogen and oxygen atoms in total. The molecule has 0 aliphatic heterocycles. The summed E-state index contributed by atoms with van der Waals surface area (Å²) in [6, 6.07) is 133. The standard InChI is InChI=1S/C26H24P2.C25H22P2.2C22H11N.4Au/c1-5-13-23(14-6-1)27(24-15-7-2-8-16-24)21-22-28(25-17-9-3-10-18-25)26-19-11-4-12-20-26;1-5-13-22(14-6-1)26(23-15-7-2-8-16-23)21-27(24-17-9-3-10-18-24)25-19-11-4-12-20-25;2*1-3-16-10-12-19-20-13-11-17(4-2)15-22(20)23(21(19)14-16)18-8-6-5-7-9-18;;;;/h1-20H,21-22H2;1-20H,21H2;2*5-15H;;;;/q;;2*-2;4*+1/p+4. The van der Waals surface area contributed by atoms with Gasteiger partial charge in [-0.05, 0) is 121 Å². The molecule has 0 atom stereocenters. The van der Waals surface area contributed by atoms with Crippen molar-refractivity contribution < 1.29 is 89.5 Å². The van der Waals surface area contributed by atoms with E-state index in [1.807, 2.05) is 109 Å². The number of nitrogens with zero attached hydrogens (tertiary/aromatic N) is 2. The maximum Gasteiger partial charge on any atom is 1.00 e. The third kappa shape index (κ3) is 20.0. The number of rotatable bonds is 15. The van der Waals surface area contributed by atoms with Gasteiger partial charge in [0.2, 0.25) is 0 Å². The second kappa shape index (κ2) is 40.9. The van der Waals surface area contributed by atoms with Gasteiger partial charge in [-0.15, -0.1) is 70.8 Å². The van der Waals surface area contributed by atoms with Gasteiger partial charge in [-0.25, -0.2) is 0 Å². The van der Waals surface area contributed by atoms with E-state index < -0.39 is 31.7 Å². The summed E-state index contributed by atoms with van der Waals surface area (Å²) in [5.74, 6) is 11.1. The van der Waals surface area contributed by atoms with Crippen LogP contribution < -0.4 is 42.4 Å². The molecule has 0 saturated heterocycles. The van der Waals surface area contributed by atoms with Crippen LogP contribution in [0, 0.1) is 49.4 Å². The van der Waals surface area contributed by atoms with Crippen molar-refractivity contribution in [2.24, 2.45) is 0 Å². The second-order valence-electron chi connectivity index (χ2n) is 24.3. The number of hydrogen-bond donors (Lipinski definition) is 0. The zero-order chi connectivity index (χ0) is 69.0. The van der Waals surface area contributed by atoms with E-state index >= 15 is 0 Å². The zero-order valence-electron chi connectivity index (χ0n) is 57.0. The normalized spacial score (nSPS) is 10.4. The molecule has 14 aromatic carbocycles. The smallest absolute Gasteiger partial charge is 0.366 e. The Kier molecular flexibility index (Phi) is 31.4. The van der Waals surface area contributed by atoms with Crippen molar-refractivity contribution in [1.82, 2.24) is 9.13 Å². The Balaban J connectivity index is 0.000000161. The third-order valence-electron chi connectivity index (χ3n) is 18.1. The van der Waals surface area contributed by atoms with Crippen molar-refractivity contribution in [3.8, 4) is 35.1 Å². The largest absolute Gasteiger partial charge is 1.00 e. The van der Waals surface area contributed by atoms with Gasteiger partial charge in [0.15, 0.2) is 5.90 Å². The molecule has 0 saturated carbocycles. The van der Waals surface area contributed by atoms with Crippen molar-refractivity contribution in [2.75, 3.05) is 18.2 Å². The van der Waals surface area contributed by atoms with Gasteiger partial charge in [0, 0.05) is 55.0 Å². The fourth-order valence-corrected chi connectivity index (χ4v) is 27.2. The Morgan fingerprint density at radius 3 is 0.562 bits per heavy atom. The molecule has 2 heterocycles. The average molecular weight is 2150 g/mol. The van der Waals surface area contributed by atoms with Crippen LogP contribution >= 0.6 is 31.7 Å². The van der Waals surface area contributed by atoms with Gasteiger partial charge in [-0.1, -0.05) is 206 Å². The van der Waals surface area contributed by atoms with Gasteiger partial charge in [0.25, 0.3) is 0 Å². The first-order valence-electron chi connectivity index (χ1n) is 33.8. The molecule has 0 unspecified atom stereocenters. The van der Waals surface area contributed by atoms with E-state index in [1.165, 1.54) is 60.7 Å². The molecule has 522 valence electrons. The average Bonchev–Trinajstić information content (AvgIpc) is 1.60. The van der Waals surface area contributed by atoms with E-state index in [0.29, 0.717) is 0 Å². The number of para-hydroxylation sites is 2. The van der Waals surface area contributed by atoms with Crippen LogP contribution in [0.5, 0.6) is 0 Å². The minimum Gasteiger partial charge on any atom is -0.366 e. The summed E-state index contributed by atoms with van der Waals surface area (Å²) in [4.78, 5) is 0. The van der Waals surface area contributed by atoms with Crippen molar-refractivity contribution in [3.63, 3.8) is 0 Å². The summed E-state index contributed by atoms with van der Waals surface area (Å²) in [6.45, 7) is 0. The van der Waals surface area contributed by atoms with Gasteiger partial charge < -0.3 is 34.8 Å². The molecule has 0 radical (unpaired) electrons. The Morgan fingerprint density at radius 2 is 0.381 bits per heavy atom. The molecule has 0 amide bonds. The Hall–Kier alpha value is -8.40. The molecule has 0 fully saturated rings. The number of fused-ring (bicyclic) bond motifs is 6. The Morgan fingerprint density at radius 1 is 0.210 bits per heavy atom. The van der Waals surface area contributed by atoms with Crippen molar-refractivity contribution in [3.05, 3.63) is 424 Å². The molecule has 16 aromatic rings. The number of hydrogen-bond acceptors (Lipinski definition) is 0. The first-order chi connectivity index (χ1) is 50.0. The monoisotopic (exact) mass is 2150 g/mol. The summed E-state index contributed by atoms with van der Waals surface area (Å²) in [5.41, 5.74) is 9.22. The van der Waals surface area contributed by atoms with Crippen LogP contribution in [-0.2, 0) is 89.5 Å².